The first-order valence-corrected chi connectivity index (χ1v) is 8.33. The fraction of sp³-hybridized carbons (Fsp3) is 0.800. The van der Waals surface area contributed by atoms with Crippen LogP contribution < -0.4 is 5.32 Å². The van der Waals surface area contributed by atoms with Crippen LogP contribution in [0, 0.1) is 5.92 Å². The van der Waals surface area contributed by atoms with Gasteiger partial charge in [0.25, 0.3) is 0 Å². The van der Waals surface area contributed by atoms with Crippen LogP contribution in [0.3, 0.4) is 0 Å². The van der Waals surface area contributed by atoms with Crippen molar-refractivity contribution in [2.24, 2.45) is 5.92 Å². The number of rotatable bonds is 5. The highest BCUT2D eigenvalue weighted by Gasteiger charge is 2.35. The van der Waals surface area contributed by atoms with Gasteiger partial charge in [-0.1, -0.05) is 33.1 Å². The van der Waals surface area contributed by atoms with Gasteiger partial charge in [0, 0.05) is 11.6 Å². The standard InChI is InChI=1S/C15H26N2S/c1-3-10-17-15(14-16-11-12-18-14)8-5-6-13(4-2)7-9-15/h11-13,17H,3-10H2,1-2H3. The van der Waals surface area contributed by atoms with Gasteiger partial charge in [0.1, 0.15) is 5.01 Å². The highest BCUT2D eigenvalue weighted by atomic mass is 32.1. The van der Waals surface area contributed by atoms with Crippen LogP contribution in [-0.2, 0) is 5.54 Å². The molecule has 0 saturated heterocycles. The molecule has 0 aromatic carbocycles. The molecule has 2 unspecified atom stereocenters. The second-order valence-corrected chi connectivity index (χ2v) is 6.45. The number of thiazole rings is 1. The van der Waals surface area contributed by atoms with Crippen molar-refractivity contribution in [1.29, 1.82) is 0 Å². The van der Waals surface area contributed by atoms with Crippen molar-refractivity contribution >= 4 is 11.3 Å². The number of hydrogen-bond donors (Lipinski definition) is 1. The van der Waals surface area contributed by atoms with Crippen LogP contribution in [0.25, 0.3) is 0 Å². The summed E-state index contributed by atoms with van der Waals surface area (Å²) < 4.78 is 0. The Labute approximate surface area is 115 Å². The molecule has 1 heterocycles. The lowest BCUT2D eigenvalue weighted by Gasteiger charge is -2.32. The van der Waals surface area contributed by atoms with Crippen molar-refractivity contribution in [1.82, 2.24) is 10.3 Å². The molecule has 3 heteroatoms. The Kier molecular flexibility index (Phi) is 5.19. The lowest BCUT2D eigenvalue weighted by atomic mass is 9.89. The molecule has 0 aliphatic heterocycles. The molecular formula is C15H26N2S. The molecular weight excluding hydrogens is 240 g/mol. The van der Waals surface area contributed by atoms with Crippen LogP contribution in [0.1, 0.15) is 63.8 Å². The Hall–Kier alpha value is -0.410. The lowest BCUT2D eigenvalue weighted by molar-refractivity contribution is 0.284. The van der Waals surface area contributed by atoms with Gasteiger partial charge in [-0.15, -0.1) is 11.3 Å². The van der Waals surface area contributed by atoms with Crippen LogP contribution in [0.5, 0.6) is 0 Å². The molecule has 1 aromatic heterocycles. The van der Waals surface area contributed by atoms with Gasteiger partial charge in [-0.25, -0.2) is 4.98 Å². The fourth-order valence-corrected chi connectivity index (χ4v) is 3.99. The topological polar surface area (TPSA) is 24.9 Å². The first-order chi connectivity index (χ1) is 8.80. The highest BCUT2D eigenvalue weighted by Crippen LogP contribution is 2.39. The van der Waals surface area contributed by atoms with E-state index in [0.717, 1.165) is 12.5 Å². The Morgan fingerprint density at radius 3 is 2.94 bits per heavy atom. The van der Waals surface area contributed by atoms with Crippen molar-refractivity contribution in [3.05, 3.63) is 16.6 Å². The van der Waals surface area contributed by atoms with E-state index >= 15 is 0 Å². The van der Waals surface area contributed by atoms with Crippen LogP contribution in [0.2, 0.25) is 0 Å². The maximum atomic E-state index is 4.61. The zero-order valence-corrected chi connectivity index (χ0v) is 12.6. The van der Waals surface area contributed by atoms with E-state index in [1.54, 1.807) is 0 Å². The minimum Gasteiger partial charge on any atom is -0.305 e. The fourth-order valence-electron chi connectivity index (χ4n) is 3.11. The molecule has 1 N–H and O–H groups in total. The molecule has 18 heavy (non-hydrogen) atoms. The third kappa shape index (κ3) is 3.12. The minimum absolute atomic E-state index is 0.175. The van der Waals surface area contributed by atoms with Gasteiger partial charge in [0.2, 0.25) is 0 Å². The quantitative estimate of drug-likeness (QED) is 0.802. The van der Waals surface area contributed by atoms with Crippen molar-refractivity contribution in [2.45, 2.75) is 64.3 Å². The summed E-state index contributed by atoms with van der Waals surface area (Å²) in [5, 5.41) is 7.25. The molecule has 1 saturated carbocycles. The highest BCUT2D eigenvalue weighted by molar-refractivity contribution is 7.09. The van der Waals surface area contributed by atoms with Crippen LogP contribution in [-0.4, -0.2) is 11.5 Å². The molecule has 102 valence electrons. The van der Waals surface area contributed by atoms with E-state index in [4.69, 9.17) is 0 Å². The maximum absolute atomic E-state index is 4.61. The van der Waals surface area contributed by atoms with Crippen molar-refractivity contribution in [2.75, 3.05) is 6.54 Å². The Morgan fingerprint density at radius 2 is 2.28 bits per heavy atom. The summed E-state index contributed by atoms with van der Waals surface area (Å²) in [6, 6.07) is 0. The van der Waals surface area contributed by atoms with Crippen LogP contribution >= 0.6 is 11.3 Å². The number of aromatic nitrogens is 1. The summed E-state index contributed by atoms with van der Waals surface area (Å²) >= 11 is 1.82. The van der Waals surface area contributed by atoms with Gasteiger partial charge in [0.15, 0.2) is 0 Å². The largest absolute Gasteiger partial charge is 0.305 e. The third-order valence-electron chi connectivity index (χ3n) is 4.33. The predicted molar refractivity (Wildman–Crippen MR) is 79.0 cm³/mol. The molecule has 2 rings (SSSR count). The van der Waals surface area contributed by atoms with E-state index in [1.807, 2.05) is 17.5 Å². The number of hydrogen-bond acceptors (Lipinski definition) is 3. The molecule has 1 aliphatic rings. The van der Waals surface area contributed by atoms with E-state index < -0.39 is 0 Å². The second kappa shape index (κ2) is 6.67. The smallest absolute Gasteiger partial charge is 0.113 e. The first kappa shape index (κ1) is 14.0. The van der Waals surface area contributed by atoms with Crippen LogP contribution in [0.4, 0.5) is 0 Å². The predicted octanol–water partition coefficient (Wildman–Crippen LogP) is 4.33. The monoisotopic (exact) mass is 266 g/mol. The van der Waals surface area contributed by atoms with E-state index in [9.17, 15) is 0 Å². The minimum atomic E-state index is 0.175. The van der Waals surface area contributed by atoms with Crippen molar-refractivity contribution < 1.29 is 0 Å². The third-order valence-corrected chi connectivity index (χ3v) is 5.30. The summed E-state index contributed by atoms with van der Waals surface area (Å²) in [6.07, 6.45) is 11.1. The molecule has 1 aromatic rings. The van der Waals surface area contributed by atoms with Gasteiger partial charge in [-0.05, 0) is 38.1 Å². The van der Waals surface area contributed by atoms with Gasteiger partial charge < -0.3 is 5.32 Å². The average Bonchev–Trinajstić information content (AvgIpc) is 2.85. The summed E-state index contributed by atoms with van der Waals surface area (Å²) in [5.74, 6) is 0.926. The molecule has 2 atom stereocenters. The summed E-state index contributed by atoms with van der Waals surface area (Å²) in [4.78, 5) is 4.61. The van der Waals surface area contributed by atoms with Crippen molar-refractivity contribution in [3.8, 4) is 0 Å². The van der Waals surface area contributed by atoms with E-state index in [1.165, 1.54) is 50.0 Å². The van der Waals surface area contributed by atoms with E-state index in [0.29, 0.717) is 0 Å². The lowest BCUT2D eigenvalue weighted by Crippen LogP contribution is -2.42. The molecule has 1 aliphatic carbocycles. The molecule has 1 fully saturated rings. The Morgan fingerprint density at radius 1 is 1.39 bits per heavy atom. The van der Waals surface area contributed by atoms with Gasteiger partial charge in [0.05, 0.1) is 5.54 Å². The summed E-state index contributed by atoms with van der Waals surface area (Å²) in [7, 11) is 0. The molecule has 0 spiro atoms. The van der Waals surface area contributed by atoms with Gasteiger partial charge >= 0.3 is 0 Å². The average molecular weight is 266 g/mol. The Bertz CT molecular complexity index is 336. The number of nitrogens with one attached hydrogen (secondary N) is 1. The SMILES string of the molecule is CCCNC1(c2nccs2)CCCC(CC)CC1. The second-order valence-electron chi connectivity index (χ2n) is 5.55. The van der Waals surface area contributed by atoms with Gasteiger partial charge in [-0.2, -0.15) is 0 Å². The van der Waals surface area contributed by atoms with Crippen LogP contribution in [0.15, 0.2) is 11.6 Å². The van der Waals surface area contributed by atoms with Gasteiger partial charge in [-0.3, -0.25) is 0 Å². The summed E-state index contributed by atoms with van der Waals surface area (Å²) in [5.41, 5.74) is 0.175. The molecule has 0 radical (unpaired) electrons. The maximum Gasteiger partial charge on any atom is 0.113 e. The Balaban J connectivity index is 2.14. The number of nitrogens with zero attached hydrogens (tertiary/aromatic N) is 1. The van der Waals surface area contributed by atoms with Crippen molar-refractivity contribution in [3.63, 3.8) is 0 Å². The first-order valence-electron chi connectivity index (χ1n) is 7.45. The molecule has 0 bridgehead atoms. The van der Waals surface area contributed by atoms with E-state index in [-0.39, 0.29) is 5.54 Å². The molecule has 0 amide bonds. The van der Waals surface area contributed by atoms with E-state index in [2.05, 4.69) is 29.5 Å². The normalized spacial score (nSPS) is 29.1. The zero-order chi connectivity index (χ0) is 12.8. The summed E-state index contributed by atoms with van der Waals surface area (Å²) in [6.45, 7) is 5.69. The molecule has 2 nitrogen and oxygen atoms in total. The zero-order valence-electron chi connectivity index (χ0n) is 11.7.